The van der Waals surface area contributed by atoms with Crippen molar-refractivity contribution >= 4 is 40.9 Å². The Hall–Kier alpha value is -2.66. The molecule has 11 heteroatoms. The van der Waals surface area contributed by atoms with E-state index >= 15 is 0 Å². The van der Waals surface area contributed by atoms with Crippen molar-refractivity contribution in [3.63, 3.8) is 0 Å². The molecular weight excluding hydrogens is 410 g/mol. The molecule has 30 heavy (non-hydrogen) atoms. The number of rotatable bonds is 9. The Balaban J connectivity index is 2.06. The second kappa shape index (κ2) is 10.9. The third kappa shape index (κ3) is 6.17. The normalized spacial score (nSPS) is 17.8. The van der Waals surface area contributed by atoms with Crippen molar-refractivity contribution in [2.75, 3.05) is 23.9 Å². The van der Waals surface area contributed by atoms with Crippen LogP contribution >= 0.6 is 11.8 Å². The molecule has 3 amide bonds. The van der Waals surface area contributed by atoms with Crippen molar-refractivity contribution in [3.8, 4) is 0 Å². The number of nitrogens with one attached hydrogen (secondary N) is 2. The van der Waals surface area contributed by atoms with Gasteiger partial charge in [0.05, 0.1) is 11.0 Å². The van der Waals surface area contributed by atoms with Crippen LogP contribution in [0.1, 0.15) is 26.2 Å². The average molecular weight is 438 g/mol. The molecule has 0 radical (unpaired) electrons. The highest BCUT2D eigenvalue weighted by Crippen LogP contribution is 2.19. The Morgan fingerprint density at radius 2 is 2.00 bits per heavy atom. The van der Waals surface area contributed by atoms with E-state index in [1.807, 2.05) is 6.26 Å². The van der Waals surface area contributed by atoms with Crippen LogP contribution in [0.4, 0.5) is 11.4 Å². The number of non-ortho nitro benzene ring substituents is 1. The van der Waals surface area contributed by atoms with Gasteiger partial charge in [-0.3, -0.25) is 24.5 Å². The summed E-state index contributed by atoms with van der Waals surface area (Å²) in [5, 5.41) is 16.2. The number of carbonyl (C=O) groups excluding carboxylic acids is 3. The molecule has 0 aromatic heterocycles. The number of likely N-dealkylation sites (tertiary alicyclic amines) is 1. The van der Waals surface area contributed by atoms with Crippen LogP contribution < -0.4 is 16.4 Å². The van der Waals surface area contributed by atoms with Crippen LogP contribution in [0.2, 0.25) is 0 Å². The number of nitrogens with two attached hydrogens (primary N) is 1. The first-order valence-electron chi connectivity index (χ1n) is 9.65. The minimum absolute atomic E-state index is 0.0830. The van der Waals surface area contributed by atoms with Gasteiger partial charge in [0.1, 0.15) is 12.1 Å². The number of nitrogens with zero attached hydrogens (tertiary/aromatic N) is 2. The van der Waals surface area contributed by atoms with E-state index in [0.717, 1.165) is 0 Å². The van der Waals surface area contributed by atoms with Crippen LogP contribution in [0.25, 0.3) is 0 Å². The van der Waals surface area contributed by atoms with Crippen molar-refractivity contribution in [2.24, 2.45) is 5.73 Å². The monoisotopic (exact) mass is 437 g/mol. The number of benzene rings is 1. The third-order valence-corrected chi connectivity index (χ3v) is 5.46. The number of hydrogen-bond acceptors (Lipinski definition) is 7. The lowest BCUT2D eigenvalue weighted by atomic mass is 10.1. The summed E-state index contributed by atoms with van der Waals surface area (Å²) in [6.45, 7) is 2.04. The van der Waals surface area contributed by atoms with Gasteiger partial charge >= 0.3 is 0 Å². The lowest BCUT2D eigenvalue weighted by Gasteiger charge is -2.27. The van der Waals surface area contributed by atoms with E-state index < -0.39 is 29.0 Å². The zero-order valence-corrected chi connectivity index (χ0v) is 17.8. The highest BCUT2D eigenvalue weighted by molar-refractivity contribution is 7.98. The Kier molecular flexibility index (Phi) is 8.60. The molecule has 1 fully saturated rings. The molecule has 3 atom stereocenters. The number of carbonyl (C=O) groups is 3. The summed E-state index contributed by atoms with van der Waals surface area (Å²) < 4.78 is 0. The number of amides is 3. The maximum atomic E-state index is 12.8. The van der Waals surface area contributed by atoms with Gasteiger partial charge in [-0.1, -0.05) is 0 Å². The SMILES string of the molecule is CSCC[C@H](NC(=O)[C@@H]1CCCN1C(=O)[C@H](C)N)C(=O)Nc1ccc([N+](=O)[O-])cc1. The Labute approximate surface area is 179 Å². The fourth-order valence-electron chi connectivity index (χ4n) is 3.23. The van der Waals surface area contributed by atoms with Gasteiger partial charge in [0.25, 0.3) is 5.69 Å². The van der Waals surface area contributed by atoms with E-state index in [0.29, 0.717) is 37.2 Å². The van der Waals surface area contributed by atoms with Gasteiger partial charge in [0.2, 0.25) is 17.7 Å². The van der Waals surface area contributed by atoms with Gasteiger partial charge in [0.15, 0.2) is 0 Å². The van der Waals surface area contributed by atoms with E-state index in [2.05, 4.69) is 10.6 Å². The van der Waals surface area contributed by atoms with E-state index in [1.165, 1.54) is 29.2 Å². The quantitative estimate of drug-likeness (QED) is 0.387. The van der Waals surface area contributed by atoms with Crippen LogP contribution in [0.5, 0.6) is 0 Å². The first-order valence-corrected chi connectivity index (χ1v) is 11.0. The van der Waals surface area contributed by atoms with Crippen LogP contribution in [0, 0.1) is 10.1 Å². The number of hydrogen-bond donors (Lipinski definition) is 3. The van der Waals surface area contributed by atoms with Gasteiger partial charge in [-0.15, -0.1) is 0 Å². The molecule has 1 saturated heterocycles. The van der Waals surface area contributed by atoms with Crippen molar-refractivity contribution < 1.29 is 19.3 Å². The van der Waals surface area contributed by atoms with Crippen molar-refractivity contribution in [2.45, 2.75) is 44.3 Å². The first-order chi connectivity index (χ1) is 14.2. The largest absolute Gasteiger partial charge is 0.342 e. The molecule has 0 aliphatic carbocycles. The fraction of sp³-hybridized carbons (Fsp3) is 0.526. The highest BCUT2D eigenvalue weighted by Gasteiger charge is 2.36. The molecule has 0 unspecified atom stereocenters. The first kappa shape index (κ1) is 23.6. The van der Waals surface area contributed by atoms with Crippen molar-refractivity contribution in [1.29, 1.82) is 0 Å². The predicted molar refractivity (Wildman–Crippen MR) is 115 cm³/mol. The van der Waals surface area contributed by atoms with Crippen molar-refractivity contribution in [1.82, 2.24) is 10.2 Å². The van der Waals surface area contributed by atoms with Crippen LogP contribution in [-0.2, 0) is 14.4 Å². The molecule has 0 spiro atoms. The fourth-order valence-corrected chi connectivity index (χ4v) is 3.70. The summed E-state index contributed by atoms with van der Waals surface area (Å²) >= 11 is 1.54. The summed E-state index contributed by atoms with van der Waals surface area (Å²) in [6.07, 6.45) is 3.51. The molecule has 164 valence electrons. The van der Waals surface area contributed by atoms with E-state index in [4.69, 9.17) is 5.73 Å². The average Bonchev–Trinajstić information content (AvgIpc) is 3.20. The van der Waals surface area contributed by atoms with E-state index in [-0.39, 0.29) is 17.5 Å². The molecule has 2 rings (SSSR count). The summed E-state index contributed by atoms with van der Waals surface area (Å²) in [6, 6.07) is 3.31. The van der Waals surface area contributed by atoms with Crippen LogP contribution in [0.3, 0.4) is 0 Å². The lowest BCUT2D eigenvalue weighted by molar-refractivity contribution is -0.384. The van der Waals surface area contributed by atoms with Gasteiger partial charge in [-0.2, -0.15) is 11.8 Å². The summed E-state index contributed by atoms with van der Waals surface area (Å²) in [5.74, 6) is -0.449. The van der Waals surface area contributed by atoms with Crippen LogP contribution in [0.15, 0.2) is 24.3 Å². The van der Waals surface area contributed by atoms with Crippen molar-refractivity contribution in [3.05, 3.63) is 34.4 Å². The number of anilines is 1. The standard InChI is InChI=1S/C19H27N5O5S/c1-12(20)19(27)23-10-3-4-16(23)18(26)22-15(9-11-30-2)17(25)21-13-5-7-14(8-6-13)24(28)29/h5-8,12,15-16H,3-4,9-11,20H2,1-2H3,(H,21,25)(H,22,26)/t12-,15-,16-/m0/s1. The Bertz CT molecular complexity index is 786. The second-order valence-corrected chi connectivity index (χ2v) is 8.10. The maximum Gasteiger partial charge on any atom is 0.269 e. The number of nitro benzene ring substituents is 1. The minimum atomic E-state index is -0.798. The van der Waals surface area contributed by atoms with Gasteiger partial charge < -0.3 is 21.3 Å². The minimum Gasteiger partial charge on any atom is -0.342 e. The molecule has 0 saturated carbocycles. The molecule has 4 N–H and O–H groups in total. The molecule has 1 aromatic carbocycles. The molecule has 0 bridgehead atoms. The molecule has 1 aliphatic rings. The van der Waals surface area contributed by atoms with Crippen LogP contribution in [-0.4, -0.2) is 64.2 Å². The molecule has 1 aromatic rings. The smallest absolute Gasteiger partial charge is 0.269 e. The zero-order chi connectivity index (χ0) is 22.3. The lowest BCUT2D eigenvalue weighted by Crippen LogP contribution is -2.54. The highest BCUT2D eigenvalue weighted by atomic mass is 32.2. The number of thioether (sulfide) groups is 1. The van der Waals surface area contributed by atoms with Gasteiger partial charge in [-0.05, 0) is 50.3 Å². The van der Waals surface area contributed by atoms with E-state index in [1.54, 1.807) is 18.7 Å². The Morgan fingerprint density at radius 1 is 1.33 bits per heavy atom. The number of nitro groups is 1. The summed E-state index contributed by atoms with van der Waals surface area (Å²) in [7, 11) is 0. The van der Waals surface area contributed by atoms with E-state index in [9.17, 15) is 24.5 Å². The molecule has 10 nitrogen and oxygen atoms in total. The maximum absolute atomic E-state index is 12.8. The zero-order valence-electron chi connectivity index (χ0n) is 17.0. The predicted octanol–water partition coefficient (Wildman–Crippen LogP) is 1.11. The molecular formula is C19H27N5O5S. The van der Waals surface area contributed by atoms with Gasteiger partial charge in [0, 0.05) is 24.4 Å². The Morgan fingerprint density at radius 3 is 2.57 bits per heavy atom. The topological polar surface area (TPSA) is 148 Å². The second-order valence-electron chi connectivity index (χ2n) is 7.11. The molecule has 1 aliphatic heterocycles. The molecule has 1 heterocycles. The van der Waals surface area contributed by atoms with Gasteiger partial charge in [-0.25, -0.2) is 0 Å². The third-order valence-electron chi connectivity index (χ3n) is 4.82. The summed E-state index contributed by atoms with van der Waals surface area (Å²) in [5.41, 5.74) is 5.99. The summed E-state index contributed by atoms with van der Waals surface area (Å²) in [4.78, 5) is 49.5.